The number of aryl methyl sites for hydroxylation is 1. The number of hydrogen-bond acceptors (Lipinski definition) is 7. The van der Waals surface area contributed by atoms with Crippen LogP contribution in [0.4, 0.5) is 21.5 Å². The molecule has 0 radical (unpaired) electrons. The van der Waals surface area contributed by atoms with E-state index in [-0.39, 0.29) is 24.0 Å². The topological polar surface area (TPSA) is 97.0 Å². The highest BCUT2D eigenvalue weighted by Crippen LogP contribution is 2.45. The van der Waals surface area contributed by atoms with E-state index in [9.17, 15) is 17.6 Å². The van der Waals surface area contributed by atoms with Crippen LogP contribution in [0, 0.1) is 12.7 Å². The number of methoxy groups -OCH3 is 1. The second-order valence-electron chi connectivity index (χ2n) is 11.3. The van der Waals surface area contributed by atoms with Crippen LogP contribution in [-0.4, -0.2) is 39.3 Å². The molecule has 0 spiro atoms. The van der Waals surface area contributed by atoms with Crippen molar-refractivity contribution in [1.82, 2.24) is 0 Å². The maximum atomic E-state index is 14.1. The summed E-state index contributed by atoms with van der Waals surface area (Å²) in [6.45, 7) is 5.83. The molecular formula is C31H36FN3O5S. The van der Waals surface area contributed by atoms with Gasteiger partial charge in [0.25, 0.3) is 5.91 Å². The quantitative estimate of drug-likeness (QED) is 0.304. The molecular weight excluding hydrogens is 545 g/mol. The Kier molecular flexibility index (Phi) is 7.63. The predicted molar refractivity (Wildman–Crippen MR) is 160 cm³/mol. The number of ether oxygens (including phenoxy) is 1. The number of likely N-dealkylation sites (N-methyl/N-ethyl adjacent to an activating group) is 1. The molecule has 41 heavy (non-hydrogen) atoms. The molecule has 1 saturated carbocycles. The third-order valence-electron chi connectivity index (χ3n) is 7.95. The number of benzene rings is 3. The number of nitrogens with one attached hydrogen (secondary N) is 2. The van der Waals surface area contributed by atoms with Crippen LogP contribution in [0.2, 0.25) is 0 Å². The number of hydrogen-bond donors (Lipinski definition) is 2. The Labute approximate surface area is 241 Å². The molecule has 10 heteroatoms. The fraction of sp³-hybridized carbons (Fsp3) is 0.387. The zero-order valence-corrected chi connectivity index (χ0v) is 24.8. The minimum absolute atomic E-state index is 0.0989. The average Bonchev–Trinajstić information content (AvgIpc) is 3.48. The minimum atomic E-state index is -3.76. The zero-order chi connectivity index (χ0) is 29.5. The Morgan fingerprint density at radius 2 is 1.78 bits per heavy atom. The van der Waals surface area contributed by atoms with Gasteiger partial charge in [-0.1, -0.05) is 25.0 Å². The summed E-state index contributed by atoms with van der Waals surface area (Å²) in [6.07, 6.45) is 2.96. The molecule has 2 aliphatic rings. The Balaban J connectivity index is 1.58. The molecule has 3 aromatic rings. The van der Waals surface area contributed by atoms with Crippen LogP contribution >= 0.6 is 0 Å². The van der Waals surface area contributed by atoms with Gasteiger partial charge in [-0.3, -0.25) is 4.79 Å². The lowest BCUT2D eigenvalue weighted by molar-refractivity contribution is -0.121. The molecule has 1 amide bonds. The maximum Gasteiger partial charge on any atom is 0.312 e. The van der Waals surface area contributed by atoms with E-state index in [4.69, 9.17) is 8.92 Å². The second-order valence-corrected chi connectivity index (χ2v) is 13.1. The minimum Gasteiger partial charge on any atom is -0.496 e. The van der Waals surface area contributed by atoms with E-state index >= 15 is 0 Å². The first-order valence-electron chi connectivity index (χ1n) is 13.8. The molecule has 1 heterocycles. The molecule has 218 valence electrons. The van der Waals surface area contributed by atoms with Gasteiger partial charge in [-0.15, -0.1) is 0 Å². The van der Waals surface area contributed by atoms with E-state index in [1.165, 1.54) is 19.2 Å². The van der Waals surface area contributed by atoms with Crippen molar-refractivity contribution in [2.75, 3.05) is 29.7 Å². The third-order valence-corrected chi connectivity index (χ3v) is 9.66. The van der Waals surface area contributed by atoms with Gasteiger partial charge in [0.15, 0.2) is 0 Å². The van der Waals surface area contributed by atoms with Gasteiger partial charge in [-0.05, 0) is 75.1 Å². The van der Waals surface area contributed by atoms with E-state index < -0.39 is 20.9 Å². The van der Waals surface area contributed by atoms with Gasteiger partial charge in [0.2, 0.25) is 0 Å². The first-order valence-corrected chi connectivity index (χ1v) is 15.2. The van der Waals surface area contributed by atoms with Crippen LogP contribution in [0.3, 0.4) is 0 Å². The van der Waals surface area contributed by atoms with Crippen molar-refractivity contribution in [1.29, 1.82) is 0 Å². The molecule has 0 bridgehead atoms. The van der Waals surface area contributed by atoms with Gasteiger partial charge in [-0.2, -0.15) is 8.42 Å². The van der Waals surface area contributed by atoms with Crippen molar-refractivity contribution in [3.8, 4) is 22.6 Å². The number of halogens is 1. The Morgan fingerprint density at radius 3 is 2.49 bits per heavy atom. The number of fused-ring (bicyclic) bond motifs is 1. The first kappa shape index (κ1) is 28.7. The van der Waals surface area contributed by atoms with E-state index in [2.05, 4.69) is 10.6 Å². The average molecular weight is 582 g/mol. The Morgan fingerprint density at radius 1 is 1.07 bits per heavy atom. The molecule has 0 atom stereocenters. The molecule has 5 rings (SSSR count). The number of anilines is 3. The lowest BCUT2D eigenvalue weighted by Gasteiger charge is -2.40. The number of amides is 1. The highest BCUT2D eigenvalue weighted by molar-refractivity contribution is 7.87. The Hall–Kier alpha value is -3.79. The molecule has 3 aromatic carbocycles. The first-order chi connectivity index (χ1) is 19.4. The fourth-order valence-electron chi connectivity index (χ4n) is 5.76. The highest BCUT2D eigenvalue weighted by atomic mass is 32.2. The monoisotopic (exact) mass is 581 g/mol. The SMILES string of the molecule is COc1cc(OS(=O)(=O)C2CCCC2)ccc1-c1ccc2c(c1CNc1cc(F)ccc1C)N(C)C(=O)C(C)(C)N2. The molecule has 1 fully saturated rings. The molecule has 2 N–H and O–H groups in total. The fourth-order valence-corrected chi connectivity index (χ4v) is 7.17. The van der Waals surface area contributed by atoms with E-state index in [0.717, 1.165) is 35.2 Å². The second kappa shape index (κ2) is 10.9. The van der Waals surface area contributed by atoms with Crippen LogP contribution in [0.15, 0.2) is 48.5 Å². The standard InChI is InChI=1S/C31H36FN3O5S/c1-19-10-11-20(32)16-27(19)33-18-25-23(14-15-26-29(25)35(4)30(36)31(2,3)34-26)24-13-12-21(17-28(24)39-5)40-41(37,38)22-8-6-7-9-22/h10-17,22,33-34H,6-9,18H2,1-5H3. The van der Waals surface area contributed by atoms with Gasteiger partial charge in [-0.25, -0.2) is 4.39 Å². The summed E-state index contributed by atoms with van der Waals surface area (Å²) in [6, 6.07) is 13.4. The van der Waals surface area contributed by atoms with Crippen LogP contribution < -0.4 is 24.5 Å². The van der Waals surface area contributed by atoms with Crippen molar-refractivity contribution in [3.05, 3.63) is 65.5 Å². The molecule has 0 unspecified atom stereocenters. The van der Waals surface area contributed by atoms with Gasteiger partial charge in [0.1, 0.15) is 22.9 Å². The summed E-state index contributed by atoms with van der Waals surface area (Å²) < 4.78 is 50.9. The van der Waals surface area contributed by atoms with Crippen molar-refractivity contribution < 1.29 is 26.5 Å². The largest absolute Gasteiger partial charge is 0.496 e. The number of rotatable bonds is 8. The zero-order valence-electron chi connectivity index (χ0n) is 24.0. The van der Waals surface area contributed by atoms with Gasteiger partial charge in [0.05, 0.1) is 23.7 Å². The van der Waals surface area contributed by atoms with E-state index in [0.29, 0.717) is 35.5 Å². The van der Waals surface area contributed by atoms with E-state index in [1.54, 1.807) is 36.2 Å². The van der Waals surface area contributed by atoms with Crippen LogP contribution in [0.25, 0.3) is 11.1 Å². The van der Waals surface area contributed by atoms with Crippen LogP contribution in [-0.2, 0) is 21.5 Å². The lowest BCUT2D eigenvalue weighted by atomic mass is 9.91. The predicted octanol–water partition coefficient (Wildman–Crippen LogP) is 6.24. The molecule has 0 aromatic heterocycles. The number of carbonyl (C=O) groups is 1. The third kappa shape index (κ3) is 5.57. The number of nitrogens with zero attached hydrogens (tertiary/aromatic N) is 1. The van der Waals surface area contributed by atoms with Gasteiger partial charge in [0, 0.05) is 36.5 Å². The van der Waals surface area contributed by atoms with Crippen molar-refractivity contribution in [2.45, 2.75) is 63.8 Å². The van der Waals surface area contributed by atoms with Crippen molar-refractivity contribution >= 4 is 33.1 Å². The Bertz CT molecular complexity index is 1600. The summed E-state index contributed by atoms with van der Waals surface area (Å²) in [7, 11) is -0.499. The number of carbonyl (C=O) groups excluding carboxylic acids is 1. The van der Waals surface area contributed by atoms with E-state index in [1.807, 2.05) is 32.9 Å². The summed E-state index contributed by atoms with van der Waals surface area (Å²) in [5.41, 5.74) is 4.45. The highest BCUT2D eigenvalue weighted by Gasteiger charge is 2.38. The molecule has 1 aliphatic carbocycles. The molecule has 1 aliphatic heterocycles. The summed E-state index contributed by atoms with van der Waals surface area (Å²) in [5, 5.41) is 6.20. The van der Waals surface area contributed by atoms with Crippen LogP contribution in [0.1, 0.15) is 50.7 Å². The molecule has 0 saturated heterocycles. The summed E-state index contributed by atoms with van der Waals surface area (Å²) in [4.78, 5) is 14.9. The van der Waals surface area contributed by atoms with Crippen molar-refractivity contribution in [3.63, 3.8) is 0 Å². The van der Waals surface area contributed by atoms with Crippen LogP contribution in [0.5, 0.6) is 11.5 Å². The van der Waals surface area contributed by atoms with Crippen molar-refractivity contribution in [2.24, 2.45) is 0 Å². The van der Waals surface area contributed by atoms with Gasteiger partial charge >= 0.3 is 10.1 Å². The smallest absolute Gasteiger partial charge is 0.312 e. The summed E-state index contributed by atoms with van der Waals surface area (Å²) >= 11 is 0. The molecule has 8 nitrogen and oxygen atoms in total. The van der Waals surface area contributed by atoms with Gasteiger partial charge < -0.3 is 24.5 Å². The lowest BCUT2D eigenvalue weighted by Crippen LogP contribution is -2.52. The maximum absolute atomic E-state index is 14.1. The summed E-state index contributed by atoms with van der Waals surface area (Å²) in [5.74, 6) is 0.152. The normalized spacial score (nSPS) is 16.7.